The Morgan fingerprint density at radius 3 is 2.90 bits per heavy atom. The van der Waals surface area contributed by atoms with Crippen LogP contribution in [0.1, 0.15) is 56.8 Å². The number of nitrogens with two attached hydrogens (primary N) is 1. The van der Waals surface area contributed by atoms with E-state index in [-0.39, 0.29) is 18.1 Å². The van der Waals surface area contributed by atoms with Crippen molar-refractivity contribution in [2.45, 2.75) is 51.2 Å². The van der Waals surface area contributed by atoms with Crippen molar-refractivity contribution in [3.05, 3.63) is 11.7 Å². The molecule has 0 aliphatic carbocycles. The molecule has 1 fully saturated rings. The van der Waals surface area contributed by atoms with Gasteiger partial charge in [-0.15, -0.1) is 0 Å². The second-order valence-corrected chi connectivity index (χ2v) is 5.92. The number of nitrogens with zero attached hydrogens (tertiary/aromatic N) is 3. The molecule has 1 aliphatic rings. The lowest BCUT2D eigenvalue weighted by Crippen LogP contribution is -2.35. The summed E-state index contributed by atoms with van der Waals surface area (Å²) in [6.45, 7) is 6.64. The van der Waals surface area contributed by atoms with Gasteiger partial charge in [0, 0.05) is 25.0 Å². The number of aromatic nitrogens is 2. The summed E-state index contributed by atoms with van der Waals surface area (Å²) in [6, 6.07) is 0.256. The van der Waals surface area contributed by atoms with Crippen molar-refractivity contribution in [1.82, 2.24) is 15.0 Å². The van der Waals surface area contributed by atoms with Crippen molar-refractivity contribution < 1.29 is 9.26 Å². The highest BCUT2D eigenvalue weighted by molar-refractivity contribution is 4.97. The summed E-state index contributed by atoms with van der Waals surface area (Å²) in [5.41, 5.74) is 5.76. The van der Waals surface area contributed by atoms with E-state index in [1.54, 1.807) is 0 Å². The lowest BCUT2D eigenvalue weighted by molar-refractivity contribution is -0.0264. The predicted molar refractivity (Wildman–Crippen MR) is 76.4 cm³/mol. The number of hydrogen-bond acceptors (Lipinski definition) is 6. The Kier molecular flexibility index (Phi) is 5.51. The molecule has 2 heterocycles. The zero-order valence-electron chi connectivity index (χ0n) is 12.7. The van der Waals surface area contributed by atoms with Crippen LogP contribution >= 0.6 is 0 Å². The summed E-state index contributed by atoms with van der Waals surface area (Å²) in [5, 5.41) is 4.08. The average Bonchev–Trinajstić information content (AvgIpc) is 2.87. The normalized spacial score (nSPS) is 23.7. The minimum atomic E-state index is -0.0671. The Balaban J connectivity index is 1.87. The zero-order valence-corrected chi connectivity index (χ0v) is 12.7. The molecule has 0 aromatic carbocycles. The van der Waals surface area contributed by atoms with Crippen molar-refractivity contribution >= 4 is 0 Å². The summed E-state index contributed by atoms with van der Waals surface area (Å²) in [6.07, 6.45) is 3.07. The quantitative estimate of drug-likeness (QED) is 0.855. The summed E-state index contributed by atoms with van der Waals surface area (Å²) in [5.74, 6) is 1.66. The van der Waals surface area contributed by atoms with Gasteiger partial charge in [-0.3, -0.25) is 0 Å². The third kappa shape index (κ3) is 4.26. The molecule has 6 heteroatoms. The van der Waals surface area contributed by atoms with Gasteiger partial charge in [0.15, 0.2) is 0 Å². The van der Waals surface area contributed by atoms with Gasteiger partial charge in [0.25, 0.3) is 0 Å². The largest absolute Gasteiger partial charge is 0.367 e. The molecule has 0 saturated carbocycles. The molecule has 1 saturated heterocycles. The number of hydrogen-bond donors (Lipinski definition) is 1. The Labute approximate surface area is 120 Å². The molecule has 6 nitrogen and oxygen atoms in total. The molecule has 1 aliphatic heterocycles. The molecule has 114 valence electrons. The van der Waals surface area contributed by atoms with Crippen molar-refractivity contribution in [2.24, 2.45) is 5.73 Å². The van der Waals surface area contributed by atoms with E-state index in [0.29, 0.717) is 11.7 Å². The Morgan fingerprint density at radius 2 is 2.20 bits per heavy atom. The lowest BCUT2D eigenvalue weighted by atomic mass is 10.0. The van der Waals surface area contributed by atoms with Crippen LogP contribution in [0.3, 0.4) is 0 Å². The van der Waals surface area contributed by atoms with Crippen LogP contribution in [0.25, 0.3) is 0 Å². The molecule has 0 amide bonds. The molecule has 3 atom stereocenters. The summed E-state index contributed by atoms with van der Waals surface area (Å²) < 4.78 is 11.1. The number of morpholine rings is 1. The third-order valence-corrected chi connectivity index (χ3v) is 3.73. The van der Waals surface area contributed by atoms with Crippen LogP contribution in [0.15, 0.2) is 4.52 Å². The summed E-state index contributed by atoms with van der Waals surface area (Å²) >= 11 is 0. The summed E-state index contributed by atoms with van der Waals surface area (Å²) in [7, 11) is 2.08. The van der Waals surface area contributed by atoms with E-state index in [2.05, 4.69) is 29.0 Å². The van der Waals surface area contributed by atoms with Gasteiger partial charge in [-0.25, -0.2) is 0 Å². The van der Waals surface area contributed by atoms with Gasteiger partial charge in [0.1, 0.15) is 6.10 Å². The van der Waals surface area contributed by atoms with Crippen LogP contribution < -0.4 is 5.73 Å². The van der Waals surface area contributed by atoms with Crippen LogP contribution in [0.2, 0.25) is 0 Å². The van der Waals surface area contributed by atoms with E-state index in [4.69, 9.17) is 15.0 Å². The second kappa shape index (κ2) is 7.15. The van der Waals surface area contributed by atoms with E-state index in [0.717, 1.165) is 39.0 Å². The zero-order chi connectivity index (χ0) is 14.5. The van der Waals surface area contributed by atoms with Crippen LogP contribution in [0.5, 0.6) is 0 Å². The van der Waals surface area contributed by atoms with E-state index in [9.17, 15) is 0 Å². The SMILES string of the molecule is CC(N)CCCC(C)c1nc(C2CN(C)CCO2)no1. The highest BCUT2D eigenvalue weighted by atomic mass is 16.5. The predicted octanol–water partition coefficient (Wildman–Crippen LogP) is 1.69. The summed E-state index contributed by atoms with van der Waals surface area (Å²) in [4.78, 5) is 6.72. The maximum absolute atomic E-state index is 5.76. The van der Waals surface area contributed by atoms with Crippen LogP contribution in [0.4, 0.5) is 0 Å². The molecular formula is C14H26N4O2. The first-order chi connectivity index (χ1) is 9.56. The van der Waals surface area contributed by atoms with E-state index in [1.807, 2.05) is 6.92 Å². The molecular weight excluding hydrogens is 256 g/mol. The molecule has 1 aromatic rings. The molecule has 3 unspecified atom stereocenters. The van der Waals surface area contributed by atoms with Gasteiger partial charge in [-0.2, -0.15) is 4.98 Å². The molecule has 2 rings (SSSR count). The molecule has 0 spiro atoms. The van der Waals surface area contributed by atoms with Gasteiger partial charge in [-0.1, -0.05) is 18.5 Å². The standard InChI is InChI=1S/C14H26N4O2/c1-10(5-4-6-11(2)15)14-16-13(17-20-14)12-9-18(3)7-8-19-12/h10-12H,4-9,15H2,1-3H3. The smallest absolute Gasteiger partial charge is 0.229 e. The minimum Gasteiger partial charge on any atom is -0.367 e. The Bertz CT molecular complexity index is 408. The number of rotatable bonds is 6. The Hall–Kier alpha value is -0.980. The monoisotopic (exact) mass is 282 g/mol. The number of likely N-dealkylation sites (N-methyl/N-ethyl adjacent to an activating group) is 1. The first kappa shape index (κ1) is 15.4. The average molecular weight is 282 g/mol. The first-order valence-corrected chi connectivity index (χ1v) is 7.45. The van der Waals surface area contributed by atoms with Gasteiger partial charge < -0.3 is 19.9 Å². The van der Waals surface area contributed by atoms with Gasteiger partial charge >= 0.3 is 0 Å². The van der Waals surface area contributed by atoms with Crippen LogP contribution in [0, 0.1) is 0 Å². The minimum absolute atomic E-state index is 0.0671. The fraction of sp³-hybridized carbons (Fsp3) is 0.857. The van der Waals surface area contributed by atoms with Gasteiger partial charge in [-0.05, 0) is 26.8 Å². The molecule has 0 radical (unpaired) electrons. The van der Waals surface area contributed by atoms with Crippen LogP contribution in [-0.2, 0) is 4.74 Å². The van der Waals surface area contributed by atoms with Gasteiger partial charge in [0.05, 0.1) is 6.61 Å². The molecule has 2 N–H and O–H groups in total. The van der Waals surface area contributed by atoms with E-state index in [1.165, 1.54) is 0 Å². The highest BCUT2D eigenvalue weighted by Crippen LogP contribution is 2.24. The van der Waals surface area contributed by atoms with Crippen molar-refractivity contribution in [3.8, 4) is 0 Å². The second-order valence-electron chi connectivity index (χ2n) is 5.92. The fourth-order valence-electron chi connectivity index (χ4n) is 2.38. The molecule has 1 aromatic heterocycles. The highest BCUT2D eigenvalue weighted by Gasteiger charge is 2.25. The maximum atomic E-state index is 5.76. The molecule has 0 bridgehead atoms. The Morgan fingerprint density at radius 1 is 1.40 bits per heavy atom. The van der Waals surface area contributed by atoms with E-state index < -0.39 is 0 Å². The van der Waals surface area contributed by atoms with Crippen molar-refractivity contribution in [1.29, 1.82) is 0 Å². The lowest BCUT2D eigenvalue weighted by Gasteiger charge is -2.27. The fourth-order valence-corrected chi connectivity index (χ4v) is 2.38. The van der Waals surface area contributed by atoms with Crippen molar-refractivity contribution in [3.63, 3.8) is 0 Å². The first-order valence-electron chi connectivity index (χ1n) is 7.45. The molecule has 20 heavy (non-hydrogen) atoms. The maximum Gasteiger partial charge on any atom is 0.229 e. The van der Waals surface area contributed by atoms with E-state index >= 15 is 0 Å². The number of ether oxygens (including phenoxy) is 1. The van der Waals surface area contributed by atoms with Crippen LogP contribution in [-0.4, -0.2) is 47.8 Å². The van der Waals surface area contributed by atoms with Gasteiger partial charge in [0.2, 0.25) is 11.7 Å². The third-order valence-electron chi connectivity index (χ3n) is 3.73. The van der Waals surface area contributed by atoms with Crippen molar-refractivity contribution in [2.75, 3.05) is 26.7 Å². The topological polar surface area (TPSA) is 77.4 Å².